The molecule has 0 saturated carbocycles. The third kappa shape index (κ3) is 1.50. The van der Waals surface area contributed by atoms with Crippen LogP contribution in [0.1, 0.15) is 25.3 Å². The molecule has 0 aliphatic carbocycles. The van der Waals surface area contributed by atoms with Crippen LogP contribution >= 0.6 is 0 Å². The smallest absolute Gasteiger partial charge is 0.120 e. The molecule has 1 heterocycles. The Hall–Kier alpha value is -1.37. The molecule has 0 fully saturated rings. The summed E-state index contributed by atoms with van der Waals surface area (Å²) in [7, 11) is 0. The molecule has 1 aromatic carbocycles. The largest absolute Gasteiger partial charge is 0.274 e. The first-order valence-electron chi connectivity index (χ1n) is 5.03. The Morgan fingerprint density at radius 1 is 1.36 bits per heavy atom. The highest BCUT2D eigenvalue weighted by molar-refractivity contribution is 6.05. The fourth-order valence-electron chi connectivity index (χ4n) is 1.77. The van der Waals surface area contributed by atoms with E-state index in [1.807, 2.05) is 12.1 Å². The van der Waals surface area contributed by atoms with Gasteiger partial charge in [0, 0.05) is 5.71 Å². The van der Waals surface area contributed by atoms with Crippen molar-refractivity contribution in [2.45, 2.75) is 25.3 Å². The molecule has 0 aromatic heterocycles. The second-order valence-electron chi connectivity index (χ2n) is 3.82. The van der Waals surface area contributed by atoms with Gasteiger partial charge in [-0.1, -0.05) is 36.4 Å². The van der Waals surface area contributed by atoms with E-state index in [1.54, 1.807) is 0 Å². The van der Waals surface area contributed by atoms with Gasteiger partial charge in [0.2, 0.25) is 0 Å². The SMILES string of the molecule is C=CCCC1=NC1(C)c1ccccc1. The fourth-order valence-corrected chi connectivity index (χ4v) is 1.77. The summed E-state index contributed by atoms with van der Waals surface area (Å²) in [5, 5.41) is 0. The van der Waals surface area contributed by atoms with E-state index in [0.717, 1.165) is 12.8 Å². The average molecular weight is 185 g/mol. The van der Waals surface area contributed by atoms with Crippen LogP contribution in [0.3, 0.4) is 0 Å². The van der Waals surface area contributed by atoms with Crippen molar-refractivity contribution in [3.8, 4) is 0 Å². The molecule has 1 unspecified atom stereocenters. The Morgan fingerprint density at radius 3 is 2.71 bits per heavy atom. The van der Waals surface area contributed by atoms with Crippen molar-refractivity contribution < 1.29 is 0 Å². The maximum atomic E-state index is 4.56. The molecule has 0 amide bonds. The zero-order valence-corrected chi connectivity index (χ0v) is 8.53. The first kappa shape index (κ1) is 9.20. The van der Waals surface area contributed by atoms with Crippen molar-refractivity contribution in [1.29, 1.82) is 0 Å². The normalized spacial score (nSPS) is 24.2. The second-order valence-corrected chi connectivity index (χ2v) is 3.82. The monoisotopic (exact) mass is 185 g/mol. The van der Waals surface area contributed by atoms with Crippen LogP contribution in [-0.4, -0.2) is 5.71 Å². The molecule has 2 rings (SSSR count). The van der Waals surface area contributed by atoms with E-state index >= 15 is 0 Å². The highest BCUT2D eigenvalue weighted by Gasteiger charge is 2.42. The lowest BCUT2D eigenvalue weighted by atomic mass is 9.94. The summed E-state index contributed by atoms with van der Waals surface area (Å²) in [4.78, 5) is 4.56. The lowest BCUT2D eigenvalue weighted by Crippen LogP contribution is -2.10. The molecule has 72 valence electrons. The van der Waals surface area contributed by atoms with Crippen LogP contribution < -0.4 is 0 Å². The number of aliphatic imine (C=N–C) groups is 1. The zero-order valence-electron chi connectivity index (χ0n) is 8.53. The number of hydrogen-bond acceptors (Lipinski definition) is 1. The summed E-state index contributed by atoms with van der Waals surface area (Å²) in [5.74, 6) is 0. The Bertz CT molecular complexity index is 364. The molecule has 0 saturated heterocycles. The lowest BCUT2D eigenvalue weighted by Gasteiger charge is -2.08. The molecule has 0 radical (unpaired) electrons. The van der Waals surface area contributed by atoms with Crippen LogP contribution in [0.25, 0.3) is 0 Å². The van der Waals surface area contributed by atoms with Crippen molar-refractivity contribution in [2.24, 2.45) is 4.99 Å². The van der Waals surface area contributed by atoms with Gasteiger partial charge in [0.05, 0.1) is 0 Å². The van der Waals surface area contributed by atoms with Crippen molar-refractivity contribution in [2.75, 3.05) is 0 Å². The molecule has 1 aliphatic heterocycles. The zero-order chi connectivity index (χ0) is 10.0. The standard InChI is InChI=1S/C13H15N/c1-3-4-10-12-13(2,14-12)11-8-6-5-7-9-11/h3,5-9H,1,4,10H2,2H3. The molecule has 1 aromatic rings. The molecular weight excluding hydrogens is 170 g/mol. The van der Waals surface area contributed by atoms with Gasteiger partial charge in [-0.25, -0.2) is 0 Å². The Balaban J connectivity index is 2.05. The number of benzene rings is 1. The average Bonchev–Trinajstić information content (AvgIpc) is 2.90. The Kier molecular flexibility index (Phi) is 2.24. The lowest BCUT2D eigenvalue weighted by molar-refractivity contribution is 0.795. The van der Waals surface area contributed by atoms with E-state index in [9.17, 15) is 0 Å². The van der Waals surface area contributed by atoms with Gasteiger partial charge in [-0.05, 0) is 25.3 Å². The topological polar surface area (TPSA) is 12.4 Å². The maximum absolute atomic E-state index is 4.56. The van der Waals surface area contributed by atoms with Gasteiger partial charge in [-0.15, -0.1) is 6.58 Å². The predicted molar refractivity (Wildman–Crippen MR) is 60.7 cm³/mol. The summed E-state index contributed by atoms with van der Waals surface area (Å²) in [6.45, 7) is 5.91. The minimum absolute atomic E-state index is 0.00424. The van der Waals surface area contributed by atoms with E-state index in [-0.39, 0.29) is 5.54 Å². The van der Waals surface area contributed by atoms with Gasteiger partial charge < -0.3 is 0 Å². The fraction of sp³-hybridized carbons (Fsp3) is 0.308. The summed E-state index contributed by atoms with van der Waals surface area (Å²) >= 11 is 0. The van der Waals surface area contributed by atoms with Gasteiger partial charge in [-0.2, -0.15) is 0 Å². The van der Waals surface area contributed by atoms with E-state index < -0.39 is 0 Å². The van der Waals surface area contributed by atoms with Crippen LogP contribution in [0.15, 0.2) is 48.0 Å². The van der Waals surface area contributed by atoms with Crippen LogP contribution in [0.5, 0.6) is 0 Å². The Labute approximate surface area is 85.2 Å². The second kappa shape index (κ2) is 3.41. The first-order valence-corrected chi connectivity index (χ1v) is 5.03. The van der Waals surface area contributed by atoms with Crippen molar-refractivity contribution in [3.63, 3.8) is 0 Å². The number of hydrogen-bond donors (Lipinski definition) is 0. The van der Waals surface area contributed by atoms with E-state index in [0.29, 0.717) is 0 Å². The molecule has 0 spiro atoms. The van der Waals surface area contributed by atoms with Crippen LogP contribution in [0.4, 0.5) is 0 Å². The summed E-state index contributed by atoms with van der Waals surface area (Å²) < 4.78 is 0. The minimum atomic E-state index is 0.00424. The van der Waals surface area contributed by atoms with Crippen LogP contribution in [0.2, 0.25) is 0 Å². The molecule has 1 atom stereocenters. The molecule has 14 heavy (non-hydrogen) atoms. The third-order valence-corrected chi connectivity index (χ3v) is 2.79. The number of allylic oxidation sites excluding steroid dienone is 1. The molecule has 1 heteroatoms. The first-order chi connectivity index (χ1) is 6.77. The van der Waals surface area contributed by atoms with E-state index in [2.05, 4.69) is 42.8 Å². The molecule has 0 N–H and O–H groups in total. The van der Waals surface area contributed by atoms with Gasteiger partial charge in [-0.3, -0.25) is 4.99 Å². The van der Waals surface area contributed by atoms with Crippen LogP contribution in [0, 0.1) is 0 Å². The predicted octanol–water partition coefficient (Wildman–Crippen LogP) is 3.32. The highest BCUT2D eigenvalue weighted by atomic mass is 15.0. The van der Waals surface area contributed by atoms with Crippen molar-refractivity contribution in [1.82, 2.24) is 0 Å². The van der Waals surface area contributed by atoms with Crippen molar-refractivity contribution >= 4 is 5.71 Å². The molecule has 0 bridgehead atoms. The third-order valence-electron chi connectivity index (χ3n) is 2.79. The van der Waals surface area contributed by atoms with Gasteiger partial charge in [0.25, 0.3) is 0 Å². The van der Waals surface area contributed by atoms with Crippen molar-refractivity contribution in [3.05, 3.63) is 48.6 Å². The van der Waals surface area contributed by atoms with E-state index in [1.165, 1.54) is 11.3 Å². The summed E-state index contributed by atoms with van der Waals surface area (Å²) in [6, 6.07) is 10.5. The molecular formula is C13H15N. The van der Waals surface area contributed by atoms with Gasteiger partial charge in [0.15, 0.2) is 0 Å². The summed E-state index contributed by atoms with van der Waals surface area (Å²) in [5.41, 5.74) is 2.62. The van der Waals surface area contributed by atoms with Gasteiger partial charge >= 0.3 is 0 Å². The summed E-state index contributed by atoms with van der Waals surface area (Å²) in [6.07, 6.45) is 4.03. The number of rotatable bonds is 4. The molecule has 1 aliphatic rings. The van der Waals surface area contributed by atoms with E-state index in [4.69, 9.17) is 0 Å². The highest BCUT2D eigenvalue weighted by Crippen LogP contribution is 2.40. The van der Waals surface area contributed by atoms with Gasteiger partial charge in [0.1, 0.15) is 5.54 Å². The minimum Gasteiger partial charge on any atom is -0.274 e. The van der Waals surface area contributed by atoms with Crippen LogP contribution in [-0.2, 0) is 5.54 Å². The molecule has 1 nitrogen and oxygen atoms in total. The quantitative estimate of drug-likeness (QED) is 0.638. The maximum Gasteiger partial charge on any atom is 0.120 e. The number of nitrogens with zero attached hydrogens (tertiary/aromatic N) is 1. The Morgan fingerprint density at radius 2 is 2.07 bits per heavy atom.